The molecule has 0 radical (unpaired) electrons. The van der Waals surface area contributed by atoms with Crippen molar-refractivity contribution < 1.29 is 19.4 Å². The van der Waals surface area contributed by atoms with Crippen LogP contribution in [0.15, 0.2) is 54.6 Å². The van der Waals surface area contributed by atoms with E-state index in [0.717, 1.165) is 65.2 Å². The van der Waals surface area contributed by atoms with Crippen molar-refractivity contribution in [3.8, 4) is 16.9 Å². The Morgan fingerprint density at radius 2 is 1.64 bits per heavy atom. The van der Waals surface area contributed by atoms with Gasteiger partial charge in [-0.25, -0.2) is 0 Å². The maximum atomic E-state index is 13.0. The standard InChI is InChI=1S/C27H26N2O4/c1-33-18-11-12-21-20(15-18)23-22(29(21)13-7-2-3-8-14-30)16-19(17-9-5-4-6-10-17)24-25(23)27(32)28-26(24)31/h4-6,9-12,15-16,30H,2-3,7-8,13-14H2,1H3,(H,28,31,32). The summed E-state index contributed by atoms with van der Waals surface area (Å²) in [6.07, 6.45) is 3.74. The van der Waals surface area contributed by atoms with Gasteiger partial charge in [-0.1, -0.05) is 43.2 Å². The predicted octanol–water partition coefficient (Wildman–Crippen LogP) is 4.91. The average molecular weight is 443 g/mol. The predicted molar refractivity (Wildman–Crippen MR) is 129 cm³/mol. The molecule has 2 amide bonds. The molecule has 4 aromatic rings. The lowest BCUT2D eigenvalue weighted by Gasteiger charge is -2.11. The van der Waals surface area contributed by atoms with Crippen molar-refractivity contribution >= 4 is 33.6 Å². The Morgan fingerprint density at radius 3 is 2.39 bits per heavy atom. The highest BCUT2D eigenvalue weighted by Gasteiger charge is 2.34. The molecule has 6 nitrogen and oxygen atoms in total. The third-order valence-corrected chi connectivity index (χ3v) is 6.42. The van der Waals surface area contributed by atoms with Crippen LogP contribution in [0.1, 0.15) is 46.4 Å². The van der Waals surface area contributed by atoms with Gasteiger partial charge >= 0.3 is 0 Å². The van der Waals surface area contributed by atoms with E-state index in [1.807, 2.05) is 54.6 Å². The number of ether oxygens (including phenoxy) is 1. The van der Waals surface area contributed by atoms with Crippen LogP contribution in [0.5, 0.6) is 5.75 Å². The molecule has 1 aliphatic rings. The molecule has 0 bridgehead atoms. The first kappa shape index (κ1) is 21.2. The van der Waals surface area contributed by atoms with Crippen molar-refractivity contribution in [3.63, 3.8) is 0 Å². The molecule has 2 N–H and O–H groups in total. The van der Waals surface area contributed by atoms with Crippen molar-refractivity contribution in [2.24, 2.45) is 0 Å². The van der Waals surface area contributed by atoms with Gasteiger partial charge in [0.2, 0.25) is 0 Å². The highest BCUT2D eigenvalue weighted by atomic mass is 16.5. The number of nitrogens with one attached hydrogen (secondary N) is 1. The van der Waals surface area contributed by atoms with Crippen molar-refractivity contribution in [2.75, 3.05) is 13.7 Å². The number of nitrogens with zero attached hydrogens (tertiary/aromatic N) is 1. The van der Waals surface area contributed by atoms with Gasteiger partial charge in [0.05, 0.1) is 23.8 Å². The largest absolute Gasteiger partial charge is 0.497 e. The average Bonchev–Trinajstić information content (AvgIpc) is 3.31. The van der Waals surface area contributed by atoms with Crippen LogP contribution in [0.2, 0.25) is 0 Å². The zero-order valence-corrected chi connectivity index (χ0v) is 18.6. The topological polar surface area (TPSA) is 80.6 Å². The normalized spacial score (nSPS) is 13.0. The molecule has 0 atom stereocenters. The van der Waals surface area contributed by atoms with Crippen LogP contribution in [-0.2, 0) is 6.54 Å². The molecule has 0 spiro atoms. The Morgan fingerprint density at radius 1 is 0.879 bits per heavy atom. The van der Waals surface area contributed by atoms with E-state index in [1.54, 1.807) is 7.11 Å². The lowest BCUT2D eigenvalue weighted by Crippen LogP contribution is -2.20. The quantitative estimate of drug-likeness (QED) is 0.300. The van der Waals surface area contributed by atoms with Crippen LogP contribution in [0.4, 0.5) is 0 Å². The third-order valence-electron chi connectivity index (χ3n) is 6.42. The molecule has 0 saturated carbocycles. The van der Waals surface area contributed by atoms with Gasteiger partial charge in [-0.15, -0.1) is 0 Å². The number of carbonyl (C=O) groups excluding carboxylic acids is 2. The lowest BCUT2D eigenvalue weighted by molar-refractivity contribution is 0.0880. The number of aliphatic hydroxyl groups is 1. The van der Waals surface area contributed by atoms with E-state index in [-0.39, 0.29) is 18.4 Å². The molecule has 1 aliphatic heterocycles. The first-order valence-electron chi connectivity index (χ1n) is 11.3. The maximum Gasteiger partial charge on any atom is 0.259 e. The number of unbranched alkanes of at least 4 members (excludes halogenated alkanes) is 3. The highest BCUT2D eigenvalue weighted by Crippen LogP contribution is 2.41. The van der Waals surface area contributed by atoms with Crippen LogP contribution < -0.4 is 10.1 Å². The van der Waals surface area contributed by atoms with Gasteiger partial charge in [-0.3, -0.25) is 14.9 Å². The molecule has 0 fully saturated rings. The van der Waals surface area contributed by atoms with Gasteiger partial charge in [-0.2, -0.15) is 0 Å². The fourth-order valence-corrected chi connectivity index (χ4v) is 4.87. The highest BCUT2D eigenvalue weighted by molar-refractivity contribution is 6.32. The zero-order chi connectivity index (χ0) is 22.9. The summed E-state index contributed by atoms with van der Waals surface area (Å²) in [4.78, 5) is 25.9. The number of aromatic nitrogens is 1. The number of fused-ring (bicyclic) bond motifs is 5. The summed E-state index contributed by atoms with van der Waals surface area (Å²) in [6.45, 7) is 0.991. The number of hydrogen-bond donors (Lipinski definition) is 2. The van der Waals surface area contributed by atoms with Crippen LogP contribution in [0, 0.1) is 0 Å². The van der Waals surface area contributed by atoms with E-state index in [1.165, 1.54) is 0 Å². The SMILES string of the molecule is COc1ccc2c(c1)c1c3c(c(-c4ccccc4)cc1n2CCCCCCO)C(=O)NC3=O. The smallest absolute Gasteiger partial charge is 0.259 e. The molecule has 1 aromatic heterocycles. The third kappa shape index (κ3) is 3.56. The Hall–Kier alpha value is -3.64. The van der Waals surface area contributed by atoms with Crippen molar-refractivity contribution in [2.45, 2.75) is 32.2 Å². The number of benzene rings is 3. The number of rotatable bonds is 8. The number of carbonyl (C=O) groups is 2. The van der Waals surface area contributed by atoms with Gasteiger partial charge < -0.3 is 14.4 Å². The minimum atomic E-state index is -0.359. The van der Waals surface area contributed by atoms with E-state index in [4.69, 9.17) is 9.84 Å². The summed E-state index contributed by atoms with van der Waals surface area (Å²) < 4.78 is 7.71. The van der Waals surface area contributed by atoms with Gasteiger partial charge in [0.25, 0.3) is 11.8 Å². The molecule has 0 saturated heterocycles. The van der Waals surface area contributed by atoms with Gasteiger partial charge in [0.1, 0.15) is 5.75 Å². The molecule has 5 rings (SSSR count). The van der Waals surface area contributed by atoms with E-state index in [2.05, 4.69) is 9.88 Å². The molecule has 0 unspecified atom stereocenters. The summed E-state index contributed by atoms with van der Waals surface area (Å²) in [7, 11) is 1.62. The summed E-state index contributed by atoms with van der Waals surface area (Å²) in [5, 5.41) is 13.3. The molecule has 6 heteroatoms. The molecular formula is C27H26N2O4. The van der Waals surface area contributed by atoms with E-state index in [9.17, 15) is 9.59 Å². The fraction of sp³-hybridized carbons (Fsp3) is 0.259. The maximum absolute atomic E-state index is 13.0. The molecule has 3 aromatic carbocycles. The number of aryl methyl sites for hydroxylation is 1. The van der Waals surface area contributed by atoms with Crippen molar-refractivity contribution in [1.29, 1.82) is 0 Å². The summed E-state index contributed by atoms with van der Waals surface area (Å²) in [5.41, 5.74) is 4.48. The minimum Gasteiger partial charge on any atom is -0.497 e. The van der Waals surface area contributed by atoms with Crippen LogP contribution in [0.25, 0.3) is 32.9 Å². The van der Waals surface area contributed by atoms with Crippen LogP contribution >= 0.6 is 0 Å². The van der Waals surface area contributed by atoms with E-state index >= 15 is 0 Å². The van der Waals surface area contributed by atoms with Crippen molar-refractivity contribution in [1.82, 2.24) is 9.88 Å². The number of amides is 2. The van der Waals surface area contributed by atoms with E-state index < -0.39 is 0 Å². The van der Waals surface area contributed by atoms with Gasteiger partial charge in [-0.05, 0) is 48.2 Å². The summed E-state index contributed by atoms with van der Waals surface area (Å²) >= 11 is 0. The Bertz CT molecular complexity index is 1370. The Kier molecular flexibility index (Phi) is 5.60. The van der Waals surface area contributed by atoms with Gasteiger partial charge in [0.15, 0.2) is 0 Å². The number of methoxy groups -OCH3 is 1. The monoisotopic (exact) mass is 442 g/mol. The first-order chi connectivity index (χ1) is 16.1. The minimum absolute atomic E-state index is 0.213. The fourth-order valence-electron chi connectivity index (χ4n) is 4.87. The van der Waals surface area contributed by atoms with E-state index in [0.29, 0.717) is 16.9 Å². The number of aliphatic hydroxyl groups excluding tert-OH is 1. The second kappa shape index (κ2) is 8.71. The van der Waals surface area contributed by atoms with Gasteiger partial charge in [0, 0.05) is 29.4 Å². The lowest BCUT2D eigenvalue weighted by atomic mass is 9.93. The molecule has 168 valence electrons. The molecule has 0 aliphatic carbocycles. The zero-order valence-electron chi connectivity index (χ0n) is 18.6. The van der Waals surface area contributed by atoms with Crippen LogP contribution in [-0.4, -0.2) is 35.2 Å². The molecule has 2 heterocycles. The second-order valence-electron chi connectivity index (χ2n) is 8.39. The number of imide groups is 1. The Labute approximate surface area is 191 Å². The second-order valence-corrected chi connectivity index (χ2v) is 8.39. The van der Waals surface area contributed by atoms with Crippen molar-refractivity contribution in [3.05, 3.63) is 65.7 Å². The summed E-state index contributed by atoms with van der Waals surface area (Å²) in [5.74, 6) is -0.0127. The first-order valence-corrected chi connectivity index (χ1v) is 11.3. The summed E-state index contributed by atoms with van der Waals surface area (Å²) in [6, 6.07) is 17.6. The van der Waals surface area contributed by atoms with Crippen LogP contribution in [0.3, 0.4) is 0 Å². The molecular weight excluding hydrogens is 416 g/mol. The molecule has 33 heavy (non-hydrogen) atoms. The Balaban J connectivity index is 1.79. The number of hydrogen-bond acceptors (Lipinski definition) is 4.